The van der Waals surface area contributed by atoms with E-state index in [1.54, 1.807) is 24.5 Å². The molecule has 8 nitrogen and oxygen atoms in total. The summed E-state index contributed by atoms with van der Waals surface area (Å²) in [6.07, 6.45) is 1.53. The lowest BCUT2D eigenvalue weighted by atomic mass is 10.0. The largest absolute Gasteiger partial charge is 0.477 e. The smallest absolute Gasteiger partial charge is 0.356 e. The highest BCUT2D eigenvalue weighted by molar-refractivity contribution is 6.42. The molecule has 0 atom stereocenters. The van der Waals surface area contributed by atoms with Gasteiger partial charge in [0.1, 0.15) is 11.3 Å². The van der Waals surface area contributed by atoms with Gasteiger partial charge >= 0.3 is 11.9 Å². The maximum Gasteiger partial charge on any atom is 0.356 e. The molecule has 0 spiro atoms. The van der Waals surface area contributed by atoms with E-state index in [0.717, 1.165) is 0 Å². The van der Waals surface area contributed by atoms with Gasteiger partial charge in [-0.2, -0.15) is 5.10 Å². The number of carboxylic acids is 1. The summed E-state index contributed by atoms with van der Waals surface area (Å²) in [6, 6.07) is 5.91. The molecule has 0 aliphatic rings. The molecule has 3 aromatic rings. The monoisotopic (exact) mass is 477 g/mol. The predicted molar refractivity (Wildman–Crippen MR) is 121 cm³/mol. The Morgan fingerprint density at radius 2 is 1.88 bits per heavy atom. The number of ether oxygens (including phenoxy) is 1. The fraction of sp³-hybridized carbons (Fsp3) is 0.273. The van der Waals surface area contributed by atoms with Gasteiger partial charge in [-0.05, 0) is 32.9 Å². The fourth-order valence-electron chi connectivity index (χ4n) is 3.56. The van der Waals surface area contributed by atoms with E-state index in [1.807, 2.05) is 6.92 Å². The Morgan fingerprint density at radius 1 is 1.16 bits per heavy atom. The standard InChI is InChI=1S/C22H21Cl2N3O5/c1-4-26-14(11-27-19(12(3)10-25-27)22(31)32-5-2)9-17(28)18(21(29)30)20(26)13-6-7-15(23)16(24)8-13/h6-10H,4-5,11H2,1-3H3,(H,29,30). The minimum atomic E-state index is -1.35. The first-order valence-electron chi connectivity index (χ1n) is 9.84. The number of esters is 1. The Hall–Kier alpha value is -3.10. The molecule has 0 amide bonds. The summed E-state index contributed by atoms with van der Waals surface area (Å²) in [5, 5.41) is 14.5. The molecule has 10 heteroatoms. The van der Waals surface area contributed by atoms with Crippen molar-refractivity contribution in [1.29, 1.82) is 0 Å². The van der Waals surface area contributed by atoms with Gasteiger partial charge in [-0.3, -0.25) is 9.48 Å². The normalized spacial score (nSPS) is 10.9. The third-order valence-corrected chi connectivity index (χ3v) is 5.66. The van der Waals surface area contributed by atoms with Crippen LogP contribution in [0.1, 0.15) is 46.0 Å². The van der Waals surface area contributed by atoms with Crippen LogP contribution in [0.25, 0.3) is 11.3 Å². The van der Waals surface area contributed by atoms with Gasteiger partial charge in [-0.15, -0.1) is 0 Å². The molecular weight excluding hydrogens is 457 g/mol. The molecule has 168 valence electrons. The van der Waals surface area contributed by atoms with Crippen LogP contribution in [0.15, 0.2) is 35.3 Å². The van der Waals surface area contributed by atoms with Gasteiger partial charge in [0.2, 0.25) is 0 Å². The molecule has 32 heavy (non-hydrogen) atoms. The molecular formula is C22H21Cl2N3O5. The lowest BCUT2D eigenvalue weighted by Crippen LogP contribution is -2.25. The van der Waals surface area contributed by atoms with Crippen molar-refractivity contribution >= 4 is 35.1 Å². The molecule has 0 bridgehead atoms. The number of pyridine rings is 1. The van der Waals surface area contributed by atoms with Gasteiger partial charge in [-0.25, -0.2) is 9.59 Å². The van der Waals surface area contributed by atoms with Crippen LogP contribution in [-0.2, 0) is 17.8 Å². The Morgan fingerprint density at radius 3 is 2.47 bits per heavy atom. The van der Waals surface area contributed by atoms with Gasteiger partial charge in [0.15, 0.2) is 5.43 Å². The third kappa shape index (κ3) is 4.42. The highest BCUT2D eigenvalue weighted by Crippen LogP contribution is 2.30. The number of nitrogens with zero attached hydrogens (tertiary/aromatic N) is 3. The molecule has 2 aromatic heterocycles. The van der Waals surface area contributed by atoms with Crippen molar-refractivity contribution < 1.29 is 19.4 Å². The summed E-state index contributed by atoms with van der Waals surface area (Å²) in [4.78, 5) is 37.2. The van der Waals surface area contributed by atoms with Crippen molar-refractivity contribution in [3.63, 3.8) is 0 Å². The first-order valence-corrected chi connectivity index (χ1v) is 10.6. The zero-order valence-corrected chi connectivity index (χ0v) is 19.2. The first-order chi connectivity index (χ1) is 15.2. The zero-order valence-electron chi connectivity index (χ0n) is 17.7. The van der Waals surface area contributed by atoms with E-state index in [9.17, 15) is 19.5 Å². The third-order valence-electron chi connectivity index (χ3n) is 4.92. The summed E-state index contributed by atoms with van der Waals surface area (Å²) in [5.74, 6) is -1.88. The molecule has 0 saturated heterocycles. The van der Waals surface area contributed by atoms with E-state index < -0.39 is 17.4 Å². The van der Waals surface area contributed by atoms with Crippen molar-refractivity contribution in [3.05, 3.63) is 73.2 Å². The number of carbonyl (C=O) groups excluding carboxylic acids is 1. The fourth-order valence-corrected chi connectivity index (χ4v) is 3.86. The molecule has 0 unspecified atom stereocenters. The summed E-state index contributed by atoms with van der Waals surface area (Å²) < 4.78 is 8.25. The number of halogens is 2. The number of hydrogen-bond acceptors (Lipinski definition) is 5. The summed E-state index contributed by atoms with van der Waals surface area (Å²) in [6.45, 7) is 5.87. The number of aromatic carboxylic acids is 1. The second-order valence-corrected chi connectivity index (χ2v) is 7.77. The van der Waals surface area contributed by atoms with Gasteiger partial charge in [0.05, 0.1) is 35.1 Å². The zero-order chi connectivity index (χ0) is 23.6. The van der Waals surface area contributed by atoms with Crippen molar-refractivity contribution in [1.82, 2.24) is 14.3 Å². The van der Waals surface area contributed by atoms with Crippen LogP contribution in [0, 0.1) is 6.92 Å². The summed E-state index contributed by atoms with van der Waals surface area (Å²) in [5.41, 5.74) is 0.942. The SMILES string of the molecule is CCOC(=O)c1c(C)cnn1Cc1cc(=O)c(C(=O)O)c(-c2ccc(Cl)c(Cl)c2)n1CC. The molecule has 0 fully saturated rings. The average Bonchev–Trinajstić information content (AvgIpc) is 3.09. The Kier molecular flexibility index (Phi) is 7.06. The second-order valence-electron chi connectivity index (χ2n) is 6.96. The lowest BCUT2D eigenvalue weighted by molar-refractivity contribution is 0.0511. The van der Waals surface area contributed by atoms with E-state index in [4.69, 9.17) is 27.9 Å². The highest BCUT2D eigenvalue weighted by atomic mass is 35.5. The van der Waals surface area contributed by atoms with Crippen LogP contribution in [0.2, 0.25) is 10.0 Å². The Labute approximate surface area is 194 Å². The summed E-state index contributed by atoms with van der Waals surface area (Å²) >= 11 is 12.2. The number of aromatic nitrogens is 3. The minimum Gasteiger partial charge on any atom is -0.477 e. The van der Waals surface area contributed by atoms with Crippen LogP contribution in [0.5, 0.6) is 0 Å². The van der Waals surface area contributed by atoms with Crippen LogP contribution in [-0.4, -0.2) is 38.0 Å². The number of carboxylic acid groups (broad SMARTS) is 1. The van der Waals surface area contributed by atoms with E-state index in [-0.39, 0.29) is 35.1 Å². The van der Waals surface area contributed by atoms with E-state index >= 15 is 0 Å². The van der Waals surface area contributed by atoms with Crippen LogP contribution in [0.4, 0.5) is 0 Å². The molecule has 0 aliphatic heterocycles. The topological polar surface area (TPSA) is 103 Å². The quantitative estimate of drug-likeness (QED) is 0.509. The van der Waals surface area contributed by atoms with Crippen LogP contribution >= 0.6 is 23.2 Å². The van der Waals surface area contributed by atoms with E-state index in [1.165, 1.54) is 29.1 Å². The molecule has 1 aromatic carbocycles. The maximum atomic E-state index is 12.8. The van der Waals surface area contributed by atoms with Crippen molar-refractivity contribution in [2.24, 2.45) is 0 Å². The molecule has 0 saturated carbocycles. The van der Waals surface area contributed by atoms with Crippen LogP contribution in [0.3, 0.4) is 0 Å². The minimum absolute atomic E-state index is 0.0548. The maximum absolute atomic E-state index is 12.8. The molecule has 3 rings (SSSR count). The van der Waals surface area contributed by atoms with E-state index in [2.05, 4.69) is 5.10 Å². The highest BCUT2D eigenvalue weighted by Gasteiger charge is 2.24. The average molecular weight is 478 g/mol. The van der Waals surface area contributed by atoms with Crippen molar-refractivity contribution in [2.45, 2.75) is 33.9 Å². The van der Waals surface area contributed by atoms with Gasteiger partial charge in [0, 0.05) is 29.4 Å². The van der Waals surface area contributed by atoms with Crippen molar-refractivity contribution in [2.75, 3.05) is 6.61 Å². The Balaban J connectivity index is 2.25. The Bertz CT molecular complexity index is 1260. The van der Waals surface area contributed by atoms with Gasteiger partial charge < -0.3 is 14.4 Å². The lowest BCUT2D eigenvalue weighted by Gasteiger charge is -2.20. The molecule has 0 aliphatic carbocycles. The van der Waals surface area contributed by atoms with E-state index in [0.29, 0.717) is 28.4 Å². The number of hydrogen-bond donors (Lipinski definition) is 1. The summed E-state index contributed by atoms with van der Waals surface area (Å²) in [7, 11) is 0. The molecule has 1 N–H and O–H groups in total. The molecule has 2 heterocycles. The first kappa shape index (κ1) is 23.6. The van der Waals surface area contributed by atoms with Gasteiger partial charge in [-0.1, -0.05) is 29.3 Å². The number of benzene rings is 1. The molecule has 0 radical (unpaired) electrons. The number of carbonyl (C=O) groups is 2. The second kappa shape index (κ2) is 9.58. The van der Waals surface area contributed by atoms with Crippen LogP contribution < -0.4 is 5.43 Å². The number of aryl methyl sites for hydroxylation is 1. The predicted octanol–water partition coefficient (Wildman–Crippen LogP) is 4.27. The van der Waals surface area contributed by atoms with Crippen molar-refractivity contribution in [3.8, 4) is 11.3 Å². The number of rotatable bonds is 7. The van der Waals surface area contributed by atoms with Gasteiger partial charge in [0.25, 0.3) is 0 Å².